The Balaban J connectivity index is -0.0000000265. The van der Waals surface area contributed by atoms with Gasteiger partial charge < -0.3 is 0 Å². The zero-order valence-electron chi connectivity index (χ0n) is 70.5. The predicted octanol–water partition coefficient (Wildman–Crippen LogP) is 40.9. The molecular formula is C96H240. The molecule has 0 saturated heterocycles. The highest BCUT2D eigenvalue weighted by Crippen LogP contribution is 2.26. The molecule has 0 nitrogen and oxygen atoms in total. The predicted molar refractivity (Wildman–Crippen MR) is 493 cm³/mol. The first kappa shape index (κ1) is 167. The lowest BCUT2D eigenvalue weighted by Crippen LogP contribution is -2.12. The van der Waals surface area contributed by atoms with E-state index < -0.39 is 0 Å². The normalized spacial score (nSPS) is 11.5. The van der Waals surface area contributed by atoms with Gasteiger partial charge >= 0.3 is 0 Å². The lowest BCUT2D eigenvalue weighted by atomic mass is 9.84. The molecule has 0 bridgehead atoms. The van der Waals surface area contributed by atoms with Crippen LogP contribution in [0.15, 0.2) is 0 Å². The van der Waals surface area contributed by atoms with Crippen LogP contribution in [0.2, 0.25) is 0 Å². The van der Waals surface area contributed by atoms with Gasteiger partial charge in [-0.05, 0) is 110 Å². The summed E-state index contributed by atoms with van der Waals surface area (Å²) in [5.41, 5.74) is 3.27. The molecule has 0 aromatic carbocycles. The molecule has 0 aliphatic heterocycles. The van der Waals surface area contributed by atoms with Crippen molar-refractivity contribution in [2.75, 3.05) is 0 Å². The highest BCUT2D eigenvalue weighted by molar-refractivity contribution is 4.66. The van der Waals surface area contributed by atoms with E-state index in [4.69, 9.17) is 0 Å². The van der Waals surface area contributed by atoms with Crippen LogP contribution in [-0.2, 0) is 0 Å². The van der Waals surface area contributed by atoms with Gasteiger partial charge in [0.05, 0.1) is 0 Å². The van der Waals surface area contributed by atoms with Gasteiger partial charge in [-0.2, -0.15) is 0 Å². The smallest absolute Gasteiger partial charge is 0.0359 e. The van der Waals surface area contributed by atoms with Crippen molar-refractivity contribution in [3.8, 4) is 0 Å². The van der Waals surface area contributed by atoms with Crippen LogP contribution in [0.5, 0.6) is 0 Å². The summed E-state index contributed by atoms with van der Waals surface area (Å²) >= 11 is 0. The summed E-state index contributed by atoms with van der Waals surface area (Å²) in [6.07, 6.45) is 26.7. The van der Waals surface area contributed by atoms with E-state index in [0.717, 1.165) is 65.1 Å². The monoisotopic (exact) mass is 1390 g/mol. The van der Waals surface area contributed by atoms with Crippen molar-refractivity contribution in [3.05, 3.63) is 0 Å². The van der Waals surface area contributed by atoms with Gasteiger partial charge in [0.1, 0.15) is 0 Å². The minimum absolute atomic E-state index is 0. The summed E-state index contributed by atoms with van der Waals surface area (Å²) in [7, 11) is 0. The number of hydrogen-bond acceptors (Lipinski definition) is 0. The Labute approximate surface area is 637 Å². The van der Waals surface area contributed by atoms with Gasteiger partial charge in [0, 0.05) is 0 Å². The minimum atomic E-state index is 0. The minimum Gasteiger partial charge on any atom is -0.0776 e. The van der Waals surface area contributed by atoms with Crippen LogP contribution >= 0.6 is 0 Å². The SMILES string of the molecule is C.C.C.C.C.C.C.C.C.C.C.C.CC(C)C(C)(C)C.CC(C)C(C)(C)C.CCC(C)(C)CC.CCC(C)(C)CC.CCC(C)C(C)C.CCC(C)C(C)C.CCC(CC)CC.CCCC(C)(C)C.CCCC(C)(C)C.CCCC(C)CC.CCCC(C)CC.CC[C@H](C)C(C)C. The lowest BCUT2D eigenvalue weighted by molar-refractivity contribution is 0.283. The Bertz CT molecular complexity index is 967. The average Bonchev–Trinajstić information content (AvgIpc) is 3.39. The van der Waals surface area contributed by atoms with Crippen LogP contribution in [0, 0.1) is 97.6 Å². The highest BCUT2D eigenvalue weighted by Gasteiger charge is 2.15. The molecule has 96 heavy (non-hydrogen) atoms. The van der Waals surface area contributed by atoms with Crippen LogP contribution in [0.1, 0.15) is 543 Å². The fraction of sp³-hybridized carbons (Fsp3) is 1.00. The summed E-state index contributed by atoms with van der Waals surface area (Å²) in [5, 5.41) is 0. The topological polar surface area (TPSA) is 0 Å². The Morgan fingerprint density at radius 3 is 0.385 bits per heavy atom. The molecular weight excluding hydrogens is 1150 g/mol. The number of rotatable bonds is 21. The molecule has 0 amide bonds. The van der Waals surface area contributed by atoms with Crippen LogP contribution < -0.4 is 0 Å². The van der Waals surface area contributed by atoms with Crippen molar-refractivity contribution in [2.45, 2.75) is 543 Å². The van der Waals surface area contributed by atoms with Crippen molar-refractivity contribution >= 4 is 0 Å². The van der Waals surface area contributed by atoms with E-state index >= 15 is 0 Å². The van der Waals surface area contributed by atoms with Gasteiger partial charge in [-0.1, -0.05) is 530 Å². The molecule has 624 valence electrons. The summed E-state index contributed by atoms with van der Waals surface area (Å²) in [6.45, 7) is 106. The molecule has 0 spiro atoms. The van der Waals surface area contributed by atoms with E-state index in [1.54, 1.807) is 0 Å². The Hall–Kier alpha value is 0. The molecule has 0 radical (unpaired) electrons. The van der Waals surface area contributed by atoms with Crippen molar-refractivity contribution in [1.29, 1.82) is 0 Å². The van der Waals surface area contributed by atoms with Crippen molar-refractivity contribution in [3.63, 3.8) is 0 Å². The maximum absolute atomic E-state index is 2.31. The van der Waals surface area contributed by atoms with Crippen LogP contribution in [-0.4, -0.2) is 0 Å². The first-order valence-corrected chi connectivity index (χ1v) is 37.8. The molecule has 0 rings (SSSR count). The fourth-order valence-electron chi connectivity index (χ4n) is 5.67. The average molecular weight is 1390 g/mol. The van der Waals surface area contributed by atoms with E-state index in [-0.39, 0.29) is 89.1 Å². The van der Waals surface area contributed by atoms with Gasteiger partial charge in [-0.3, -0.25) is 0 Å². The molecule has 0 aliphatic rings. The van der Waals surface area contributed by atoms with Crippen LogP contribution in [0.3, 0.4) is 0 Å². The summed E-state index contributed by atoms with van der Waals surface area (Å²) < 4.78 is 0. The third-order valence-corrected chi connectivity index (χ3v) is 19.3. The molecule has 0 aromatic rings. The zero-order valence-corrected chi connectivity index (χ0v) is 70.5. The second kappa shape index (κ2) is 106. The fourth-order valence-corrected chi connectivity index (χ4v) is 5.67. The van der Waals surface area contributed by atoms with Crippen LogP contribution in [0.4, 0.5) is 0 Å². The third-order valence-electron chi connectivity index (χ3n) is 19.3. The Kier molecular flexibility index (Phi) is 184. The Morgan fingerprint density at radius 1 is 0.219 bits per heavy atom. The lowest BCUT2D eigenvalue weighted by Gasteiger charge is -2.22. The van der Waals surface area contributed by atoms with Crippen molar-refractivity contribution < 1.29 is 0 Å². The molecule has 0 N–H and O–H groups in total. The second-order valence-corrected chi connectivity index (χ2v) is 34.0. The number of hydrogen-bond donors (Lipinski definition) is 0. The maximum atomic E-state index is 2.31. The summed E-state index contributed by atoms with van der Waals surface area (Å²) in [5.74, 6) is 9.79. The van der Waals surface area contributed by atoms with Gasteiger partial charge in [0.15, 0.2) is 0 Å². The molecule has 0 aromatic heterocycles. The van der Waals surface area contributed by atoms with Crippen molar-refractivity contribution in [1.82, 2.24) is 0 Å². The van der Waals surface area contributed by atoms with Gasteiger partial charge in [-0.25, -0.2) is 0 Å². The summed E-state index contributed by atoms with van der Waals surface area (Å²) in [4.78, 5) is 0. The van der Waals surface area contributed by atoms with E-state index in [0.29, 0.717) is 32.5 Å². The van der Waals surface area contributed by atoms with Crippen molar-refractivity contribution in [2.24, 2.45) is 97.6 Å². The molecule has 4 unspecified atom stereocenters. The summed E-state index contributed by atoms with van der Waals surface area (Å²) in [6, 6.07) is 0. The maximum Gasteiger partial charge on any atom is -0.0359 e. The Morgan fingerprint density at radius 2 is 0.375 bits per heavy atom. The van der Waals surface area contributed by atoms with Crippen LogP contribution in [0.25, 0.3) is 0 Å². The highest BCUT2D eigenvalue weighted by atomic mass is 14.2. The first-order valence-electron chi connectivity index (χ1n) is 37.8. The molecule has 0 saturated carbocycles. The quantitative estimate of drug-likeness (QED) is 0.107. The van der Waals surface area contributed by atoms with E-state index in [2.05, 4.69) is 325 Å². The molecule has 0 heteroatoms. The molecule has 5 atom stereocenters. The second-order valence-electron chi connectivity index (χ2n) is 34.0. The van der Waals surface area contributed by atoms with Gasteiger partial charge in [0.25, 0.3) is 0 Å². The largest absolute Gasteiger partial charge is 0.0776 e. The molecule has 0 aliphatic carbocycles. The van der Waals surface area contributed by atoms with Gasteiger partial charge in [-0.15, -0.1) is 0 Å². The molecule has 0 heterocycles. The first-order chi connectivity index (χ1) is 37.8. The molecule has 0 fully saturated rings. The van der Waals surface area contributed by atoms with E-state index in [9.17, 15) is 0 Å². The van der Waals surface area contributed by atoms with Gasteiger partial charge in [0.2, 0.25) is 0 Å². The standard InChI is InChI=1S/12C7H16.12CH4/c2*1-6(2)7(3,4)5;2*1-5-6-7(2,3)4;2*1-5-7(3,4)6-2;3*1-5-7(4)6(2)3;2*1-4-6-7(3)5-2;1-4-7(5-2)6-3;;;;;;;;;;;;/h2*6H,1-5H3;4*5-6H2,1-4H3;3*6-7H,5H2,1-4H3;3*7H,4-6H2,1-3H3;12*1H4/t;;;;;;7-;;;;;;;;;;;;;;;;;/m......0................./s1. The zero-order chi connectivity index (χ0) is 70.5. The van der Waals surface area contributed by atoms with E-state index in [1.807, 2.05) is 0 Å². The third kappa shape index (κ3) is 187. The van der Waals surface area contributed by atoms with E-state index in [1.165, 1.54) is 128 Å².